The van der Waals surface area contributed by atoms with Gasteiger partial charge < -0.3 is 24.8 Å². The second-order valence-electron chi connectivity index (χ2n) is 8.01. The predicted molar refractivity (Wildman–Crippen MR) is 112 cm³/mol. The van der Waals surface area contributed by atoms with Crippen LogP contribution in [0.1, 0.15) is 47.9 Å². The van der Waals surface area contributed by atoms with Gasteiger partial charge in [0.25, 0.3) is 0 Å². The summed E-state index contributed by atoms with van der Waals surface area (Å²) in [6.07, 6.45) is 0.0400. The molecule has 8 heteroatoms. The molecule has 30 heavy (non-hydrogen) atoms. The Hall–Kier alpha value is -3.55. The summed E-state index contributed by atoms with van der Waals surface area (Å²) in [5, 5.41) is 23.1. The van der Waals surface area contributed by atoms with Crippen LogP contribution < -0.4 is 5.32 Å². The van der Waals surface area contributed by atoms with Gasteiger partial charge in [-0.25, -0.2) is 14.4 Å². The van der Waals surface area contributed by atoms with Crippen LogP contribution in [0.2, 0.25) is 0 Å². The first-order chi connectivity index (χ1) is 14.1. The standard InChI is InChI=1S/C22H24N2O6/c1-22(2,3)30-21(29)23-9-4-10-24-17-11-13(19(25)26)5-7-15(17)16-8-6-14(20(27)28)12-18(16)24/h5-8,11-12H,4,9-10H2,1-3H3,(H,23,29)(H,25,26)(H,27,28). The quantitative estimate of drug-likeness (QED) is 0.525. The first kappa shape index (κ1) is 21.2. The molecule has 0 aliphatic heterocycles. The molecule has 1 heterocycles. The lowest BCUT2D eigenvalue weighted by molar-refractivity contribution is 0.0525. The molecule has 8 nitrogen and oxygen atoms in total. The molecule has 1 aromatic heterocycles. The number of aromatic nitrogens is 1. The summed E-state index contributed by atoms with van der Waals surface area (Å²) in [6, 6.07) is 9.69. The van der Waals surface area contributed by atoms with Crippen LogP contribution in [0.3, 0.4) is 0 Å². The number of carboxylic acids is 2. The number of amides is 1. The Bertz CT molecular complexity index is 1070. The van der Waals surface area contributed by atoms with Crippen LogP contribution >= 0.6 is 0 Å². The number of carboxylic acid groups (broad SMARTS) is 2. The molecule has 0 spiro atoms. The summed E-state index contributed by atoms with van der Waals surface area (Å²) in [5.74, 6) is -2.07. The first-order valence-corrected chi connectivity index (χ1v) is 9.56. The lowest BCUT2D eigenvalue weighted by Crippen LogP contribution is -2.33. The summed E-state index contributed by atoms with van der Waals surface area (Å²) in [6.45, 7) is 6.16. The van der Waals surface area contributed by atoms with E-state index < -0.39 is 23.6 Å². The summed E-state index contributed by atoms with van der Waals surface area (Å²) in [5.41, 5.74) is 1.11. The van der Waals surface area contributed by atoms with E-state index in [1.54, 1.807) is 45.0 Å². The van der Waals surface area contributed by atoms with Gasteiger partial charge in [-0.2, -0.15) is 0 Å². The van der Waals surface area contributed by atoms with Crippen LogP contribution in [0.5, 0.6) is 0 Å². The van der Waals surface area contributed by atoms with Crippen molar-refractivity contribution in [3.63, 3.8) is 0 Å². The Morgan fingerprint density at radius 1 is 0.933 bits per heavy atom. The Labute approximate surface area is 173 Å². The van der Waals surface area contributed by atoms with Crippen molar-refractivity contribution >= 4 is 39.8 Å². The van der Waals surface area contributed by atoms with Crippen LogP contribution in [0.4, 0.5) is 4.79 Å². The summed E-state index contributed by atoms with van der Waals surface area (Å²) in [4.78, 5) is 34.6. The molecule has 0 unspecified atom stereocenters. The maximum atomic E-state index is 11.8. The van der Waals surface area contributed by atoms with E-state index in [1.807, 2.05) is 4.57 Å². The number of benzene rings is 2. The average Bonchev–Trinajstić information content (AvgIpc) is 2.96. The van der Waals surface area contributed by atoms with Crippen LogP contribution in [-0.4, -0.2) is 45.0 Å². The number of hydrogen-bond acceptors (Lipinski definition) is 4. The second kappa shape index (κ2) is 8.06. The lowest BCUT2D eigenvalue weighted by atomic mass is 10.1. The van der Waals surface area contributed by atoms with Crippen LogP contribution in [0, 0.1) is 0 Å². The van der Waals surface area contributed by atoms with E-state index in [2.05, 4.69) is 5.32 Å². The third-order valence-electron chi connectivity index (χ3n) is 4.59. The number of aromatic carboxylic acids is 2. The lowest BCUT2D eigenvalue weighted by Gasteiger charge is -2.19. The van der Waals surface area contributed by atoms with Crippen LogP contribution in [0.25, 0.3) is 21.8 Å². The van der Waals surface area contributed by atoms with Crippen molar-refractivity contribution in [1.29, 1.82) is 0 Å². The molecule has 0 saturated heterocycles. The number of fused-ring (bicyclic) bond motifs is 3. The highest BCUT2D eigenvalue weighted by molar-refractivity contribution is 6.11. The monoisotopic (exact) mass is 412 g/mol. The van der Waals surface area contributed by atoms with E-state index >= 15 is 0 Å². The fourth-order valence-electron chi connectivity index (χ4n) is 3.34. The molecule has 0 bridgehead atoms. The topological polar surface area (TPSA) is 118 Å². The van der Waals surface area contributed by atoms with E-state index in [0.29, 0.717) is 30.5 Å². The highest BCUT2D eigenvalue weighted by Gasteiger charge is 2.17. The number of aryl methyl sites for hydroxylation is 1. The number of nitrogens with zero attached hydrogens (tertiary/aromatic N) is 1. The van der Waals surface area contributed by atoms with Crippen LogP contribution in [-0.2, 0) is 11.3 Å². The van der Waals surface area contributed by atoms with Gasteiger partial charge in [0, 0.05) is 34.9 Å². The fourth-order valence-corrected chi connectivity index (χ4v) is 3.34. The van der Waals surface area contributed by atoms with E-state index in [0.717, 1.165) is 10.8 Å². The molecule has 3 N–H and O–H groups in total. The molecule has 1 amide bonds. The highest BCUT2D eigenvalue weighted by atomic mass is 16.6. The van der Waals surface area contributed by atoms with Gasteiger partial charge in [0.2, 0.25) is 0 Å². The number of carbonyl (C=O) groups is 3. The fraction of sp³-hybridized carbons (Fsp3) is 0.318. The molecule has 3 rings (SSSR count). The highest BCUT2D eigenvalue weighted by Crippen LogP contribution is 2.31. The minimum Gasteiger partial charge on any atom is -0.478 e. The molecule has 158 valence electrons. The number of rotatable bonds is 6. The molecule has 0 atom stereocenters. The van der Waals surface area contributed by atoms with Crippen molar-refractivity contribution in [1.82, 2.24) is 9.88 Å². The minimum atomic E-state index is -1.04. The molecular formula is C22H24N2O6. The van der Waals surface area contributed by atoms with Gasteiger partial charge in [-0.1, -0.05) is 12.1 Å². The molecule has 2 aromatic carbocycles. The number of nitrogens with one attached hydrogen (secondary N) is 1. The van der Waals surface area contributed by atoms with Crippen molar-refractivity contribution in [3.05, 3.63) is 47.5 Å². The maximum absolute atomic E-state index is 11.8. The van der Waals surface area contributed by atoms with Crippen molar-refractivity contribution < 1.29 is 29.3 Å². The molecule has 0 fully saturated rings. The smallest absolute Gasteiger partial charge is 0.407 e. The predicted octanol–water partition coefficient (Wildman–Crippen LogP) is 4.11. The Balaban J connectivity index is 1.92. The second-order valence-corrected chi connectivity index (χ2v) is 8.01. The third-order valence-corrected chi connectivity index (χ3v) is 4.59. The van der Waals surface area contributed by atoms with Crippen molar-refractivity contribution in [2.45, 2.75) is 39.3 Å². The Kier molecular flexibility index (Phi) is 5.69. The summed E-state index contributed by atoms with van der Waals surface area (Å²) in [7, 11) is 0. The van der Waals surface area contributed by atoms with Crippen molar-refractivity contribution in [2.75, 3.05) is 6.54 Å². The Morgan fingerprint density at radius 2 is 1.43 bits per heavy atom. The SMILES string of the molecule is CC(C)(C)OC(=O)NCCCn1c2cc(C(=O)O)ccc2c2ccc(C(=O)O)cc21. The van der Waals surface area contributed by atoms with Gasteiger partial charge >= 0.3 is 18.0 Å². The number of carbonyl (C=O) groups excluding carboxylic acids is 1. The first-order valence-electron chi connectivity index (χ1n) is 9.56. The van der Waals surface area contributed by atoms with Gasteiger partial charge in [0.05, 0.1) is 11.1 Å². The largest absolute Gasteiger partial charge is 0.478 e. The zero-order valence-electron chi connectivity index (χ0n) is 17.1. The van der Waals surface area contributed by atoms with Crippen molar-refractivity contribution in [2.24, 2.45) is 0 Å². The molecule has 3 aromatic rings. The van der Waals surface area contributed by atoms with Crippen LogP contribution in [0.15, 0.2) is 36.4 Å². The van der Waals surface area contributed by atoms with E-state index in [1.165, 1.54) is 12.1 Å². The maximum Gasteiger partial charge on any atom is 0.407 e. The van der Waals surface area contributed by atoms with E-state index in [9.17, 15) is 24.6 Å². The van der Waals surface area contributed by atoms with Crippen molar-refractivity contribution in [3.8, 4) is 0 Å². The summed E-state index contributed by atoms with van der Waals surface area (Å²) >= 11 is 0. The molecule has 0 saturated carbocycles. The average molecular weight is 412 g/mol. The summed E-state index contributed by atoms with van der Waals surface area (Å²) < 4.78 is 7.10. The van der Waals surface area contributed by atoms with E-state index in [-0.39, 0.29) is 11.1 Å². The normalized spacial score (nSPS) is 11.6. The Morgan fingerprint density at radius 3 is 1.87 bits per heavy atom. The molecular weight excluding hydrogens is 388 g/mol. The van der Waals surface area contributed by atoms with Gasteiger partial charge in [0.15, 0.2) is 0 Å². The minimum absolute atomic E-state index is 0.150. The van der Waals surface area contributed by atoms with Gasteiger partial charge in [0.1, 0.15) is 5.60 Å². The number of hydrogen-bond donors (Lipinski definition) is 3. The zero-order valence-corrected chi connectivity index (χ0v) is 17.1. The zero-order chi connectivity index (χ0) is 22.1. The van der Waals surface area contributed by atoms with E-state index in [4.69, 9.17) is 4.74 Å². The number of alkyl carbamates (subject to hydrolysis) is 1. The molecule has 0 aliphatic rings. The van der Waals surface area contributed by atoms with Gasteiger partial charge in [-0.15, -0.1) is 0 Å². The third kappa shape index (κ3) is 4.53. The van der Waals surface area contributed by atoms with Gasteiger partial charge in [-0.05, 0) is 51.5 Å². The van der Waals surface area contributed by atoms with Gasteiger partial charge in [-0.3, -0.25) is 0 Å². The number of ether oxygens (including phenoxy) is 1. The molecule has 0 aliphatic carbocycles. The molecule has 0 radical (unpaired) electrons.